The molecule has 0 aliphatic heterocycles. The van der Waals surface area contributed by atoms with Crippen molar-refractivity contribution in [3.8, 4) is 0 Å². The fourth-order valence-corrected chi connectivity index (χ4v) is 10.4. The molecule has 344 valence electrons. The van der Waals surface area contributed by atoms with Gasteiger partial charge < -0.3 is 10.2 Å². The van der Waals surface area contributed by atoms with E-state index >= 15 is 0 Å². The maximum Gasteiger partial charge on any atom is 0.140 e. The highest BCUT2D eigenvalue weighted by Crippen LogP contribution is 2.35. The first kappa shape index (κ1) is 49.5. The van der Waals surface area contributed by atoms with Gasteiger partial charge in [0.25, 0.3) is 0 Å². The van der Waals surface area contributed by atoms with Crippen LogP contribution in [0.25, 0.3) is 0 Å². The molecule has 0 amide bonds. The van der Waals surface area contributed by atoms with E-state index in [2.05, 4.69) is 115 Å². The van der Waals surface area contributed by atoms with Crippen LogP contribution in [-0.2, 0) is 14.4 Å². The van der Waals surface area contributed by atoms with E-state index in [1.807, 2.05) is 36.4 Å². The summed E-state index contributed by atoms with van der Waals surface area (Å²) in [5.41, 5.74) is 6.76. The second-order valence-electron chi connectivity index (χ2n) is 19.0. The Bertz CT molecular complexity index is 2070. The summed E-state index contributed by atoms with van der Waals surface area (Å²) in [6.07, 6.45) is 20.0. The maximum absolute atomic E-state index is 11.6. The number of hydrogen-bond donors (Lipinski definition) is 2. The van der Waals surface area contributed by atoms with Crippen molar-refractivity contribution in [2.75, 3.05) is 0 Å². The Labute approximate surface area is 390 Å². The Morgan fingerprint density at radius 3 is 1.25 bits per heavy atom. The van der Waals surface area contributed by atoms with Crippen LogP contribution in [0.5, 0.6) is 0 Å². The van der Waals surface area contributed by atoms with Crippen molar-refractivity contribution < 1.29 is 24.6 Å². The highest BCUT2D eigenvalue weighted by Gasteiger charge is 2.24. The van der Waals surface area contributed by atoms with Gasteiger partial charge in [0, 0.05) is 38.0 Å². The minimum Gasteiger partial charge on any atom is -0.393 e. The summed E-state index contributed by atoms with van der Waals surface area (Å²) in [6, 6.07) is 52.2. The van der Waals surface area contributed by atoms with E-state index < -0.39 is 0 Å². The van der Waals surface area contributed by atoms with Crippen molar-refractivity contribution in [1.82, 2.24) is 0 Å². The third kappa shape index (κ3) is 17.1. The Morgan fingerprint density at radius 2 is 0.769 bits per heavy atom. The van der Waals surface area contributed by atoms with Crippen LogP contribution >= 0.6 is 0 Å². The van der Waals surface area contributed by atoms with Crippen LogP contribution in [0.4, 0.5) is 0 Å². The lowest BCUT2D eigenvalue weighted by atomic mass is 9.83. The first-order valence-corrected chi connectivity index (χ1v) is 25.0. The third-order valence-electron chi connectivity index (χ3n) is 14.2. The number of carbonyl (C=O) groups excluding carboxylic acids is 3. The Kier molecular flexibility index (Phi) is 20.9. The minimum absolute atomic E-state index is 0.0417. The second-order valence-corrected chi connectivity index (χ2v) is 19.0. The van der Waals surface area contributed by atoms with Gasteiger partial charge in [-0.05, 0) is 135 Å². The minimum atomic E-state index is -0.0704. The number of Topliss-reactive ketones (excluding diaryl/α,β-unsaturated/α-hetero) is 3. The first-order chi connectivity index (χ1) is 31.8. The number of aliphatic hydroxyl groups is 2. The lowest BCUT2D eigenvalue weighted by Gasteiger charge is -2.25. The molecule has 5 heteroatoms. The van der Waals surface area contributed by atoms with Gasteiger partial charge >= 0.3 is 0 Å². The van der Waals surface area contributed by atoms with E-state index in [0.717, 1.165) is 103 Å². The molecule has 0 aromatic heterocycles. The number of benzene rings is 5. The van der Waals surface area contributed by atoms with Crippen molar-refractivity contribution >= 4 is 17.3 Å². The van der Waals surface area contributed by atoms with E-state index in [9.17, 15) is 24.6 Å². The molecule has 5 aliphatic rings. The standard InChI is InChI=1S/C12H14O.C12H16O.C12H14O.C12H16O.C12H14O/c13-12-9-5-4-8-11(12)10-6-2-1-3-7-10;2*13-12-8-4-7-11(9-12)10-5-2-1-3-6-10;2*13-12-8-6-11(7-9-12)10-4-2-1-3-5-10/h1-3,6-7,11H,4-5,8-9H2;1-3,5-6,11-13H,4,7-9H2;1-3,5-6,11H,4,7-9H2;1-5,11-13H,6-9H2;1-5,11H,6-9H2. The van der Waals surface area contributed by atoms with E-state index in [1.165, 1.54) is 53.5 Å². The molecule has 4 unspecified atom stereocenters. The predicted octanol–water partition coefficient (Wildman–Crippen LogP) is 14.2. The maximum atomic E-state index is 11.6. The highest BCUT2D eigenvalue weighted by atomic mass is 16.3. The number of aliphatic hydroxyl groups excluding tert-OH is 2. The van der Waals surface area contributed by atoms with Crippen LogP contribution in [0.1, 0.15) is 186 Å². The average molecular weight is 875 g/mol. The molecular weight excluding hydrogens is 801 g/mol. The number of hydrogen-bond acceptors (Lipinski definition) is 5. The SMILES string of the molecule is O=C1CCC(c2ccccc2)CC1.O=C1CCCC(c2ccccc2)C1.O=C1CCCCC1c1ccccc1.OC1CCC(c2ccccc2)CC1.OC1CCCC(c2ccccc2)C1. The summed E-state index contributed by atoms with van der Waals surface area (Å²) in [5.74, 6) is 3.87. The van der Waals surface area contributed by atoms with Gasteiger partial charge in [-0.3, -0.25) is 14.4 Å². The highest BCUT2D eigenvalue weighted by molar-refractivity contribution is 5.86. The van der Waals surface area contributed by atoms with Crippen LogP contribution in [0.15, 0.2) is 152 Å². The zero-order valence-electron chi connectivity index (χ0n) is 38.7. The Morgan fingerprint density at radius 1 is 0.323 bits per heavy atom. The van der Waals surface area contributed by atoms with Crippen molar-refractivity contribution in [1.29, 1.82) is 0 Å². The van der Waals surface area contributed by atoms with Crippen molar-refractivity contribution in [2.24, 2.45) is 0 Å². The Balaban J connectivity index is 0.000000135. The Hall–Kier alpha value is -4.97. The molecule has 0 heterocycles. The molecule has 5 aliphatic carbocycles. The molecule has 0 saturated heterocycles. The molecule has 5 nitrogen and oxygen atoms in total. The normalized spacial score (nSPS) is 24.5. The fraction of sp³-hybridized carbons (Fsp3) is 0.450. The summed E-state index contributed by atoms with van der Waals surface area (Å²) in [5, 5.41) is 18.9. The third-order valence-corrected chi connectivity index (χ3v) is 14.2. The molecule has 4 atom stereocenters. The summed E-state index contributed by atoms with van der Waals surface area (Å²) in [4.78, 5) is 33.9. The van der Waals surface area contributed by atoms with E-state index in [0.29, 0.717) is 41.0 Å². The molecule has 0 spiro atoms. The van der Waals surface area contributed by atoms with Gasteiger partial charge in [0.15, 0.2) is 0 Å². The van der Waals surface area contributed by atoms with Crippen LogP contribution in [-0.4, -0.2) is 39.8 Å². The molecule has 0 bridgehead atoms. The van der Waals surface area contributed by atoms with Gasteiger partial charge in [-0.15, -0.1) is 0 Å². The van der Waals surface area contributed by atoms with Crippen molar-refractivity contribution in [3.05, 3.63) is 179 Å². The van der Waals surface area contributed by atoms with Gasteiger partial charge in [-0.2, -0.15) is 0 Å². The molecule has 5 fully saturated rings. The van der Waals surface area contributed by atoms with Crippen LogP contribution in [0.3, 0.4) is 0 Å². The predicted molar refractivity (Wildman–Crippen MR) is 265 cm³/mol. The summed E-state index contributed by atoms with van der Waals surface area (Å²) >= 11 is 0. The van der Waals surface area contributed by atoms with Crippen LogP contribution in [0, 0.1) is 0 Å². The van der Waals surface area contributed by atoms with Gasteiger partial charge in [0.05, 0.1) is 12.2 Å². The van der Waals surface area contributed by atoms with Gasteiger partial charge in [0.1, 0.15) is 17.3 Å². The lowest BCUT2D eigenvalue weighted by Crippen LogP contribution is -2.17. The summed E-state index contributed by atoms with van der Waals surface area (Å²) in [7, 11) is 0. The van der Waals surface area contributed by atoms with Crippen LogP contribution in [0.2, 0.25) is 0 Å². The molecule has 2 N–H and O–H groups in total. The lowest BCUT2D eigenvalue weighted by molar-refractivity contribution is -0.122. The van der Waals surface area contributed by atoms with E-state index in [1.54, 1.807) is 0 Å². The summed E-state index contributed by atoms with van der Waals surface area (Å²) in [6.45, 7) is 0. The van der Waals surface area contributed by atoms with Crippen molar-refractivity contribution in [2.45, 2.75) is 170 Å². The van der Waals surface area contributed by atoms with Gasteiger partial charge in [-0.25, -0.2) is 0 Å². The van der Waals surface area contributed by atoms with Crippen LogP contribution < -0.4 is 0 Å². The zero-order valence-corrected chi connectivity index (χ0v) is 38.7. The molecular formula is C60H74O5. The quantitative estimate of drug-likeness (QED) is 0.184. The fourth-order valence-electron chi connectivity index (χ4n) is 10.4. The van der Waals surface area contributed by atoms with E-state index in [4.69, 9.17) is 0 Å². The number of carbonyl (C=O) groups is 3. The van der Waals surface area contributed by atoms with Gasteiger partial charge in [-0.1, -0.05) is 165 Å². The molecule has 65 heavy (non-hydrogen) atoms. The number of rotatable bonds is 5. The molecule has 5 aromatic carbocycles. The van der Waals surface area contributed by atoms with Crippen molar-refractivity contribution in [3.63, 3.8) is 0 Å². The topological polar surface area (TPSA) is 91.7 Å². The average Bonchev–Trinajstić information content (AvgIpc) is 3.37. The molecule has 5 aromatic rings. The molecule has 10 rings (SSSR count). The van der Waals surface area contributed by atoms with Gasteiger partial charge in [0.2, 0.25) is 0 Å². The first-order valence-electron chi connectivity index (χ1n) is 25.0. The smallest absolute Gasteiger partial charge is 0.140 e. The monoisotopic (exact) mass is 875 g/mol. The zero-order chi connectivity index (χ0) is 45.5. The molecule has 0 radical (unpaired) electrons. The largest absolute Gasteiger partial charge is 0.393 e. The number of ketones is 3. The van der Waals surface area contributed by atoms with E-state index in [-0.39, 0.29) is 18.1 Å². The second kappa shape index (κ2) is 27.5. The summed E-state index contributed by atoms with van der Waals surface area (Å²) < 4.78 is 0. The molecule has 5 saturated carbocycles.